The number of carbonyl (C=O) groups excluding carboxylic acids is 2. The van der Waals surface area contributed by atoms with Crippen LogP contribution >= 0.6 is 0 Å². The molecular formula is C26H33N3O2. The van der Waals surface area contributed by atoms with Crippen LogP contribution in [0.2, 0.25) is 0 Å². The minimum atomic E-state index is -0.267. The fourth-order valence-electron chi connectivity index (χ4n) is 4.49. The second kappa shape index (κ2) is 10.1. The summed E-state index contributed by atoms with van der Waals surface area (Å²) in [6.07, 6.45) is 4.25. The van der Waals surface area contributed by atoms with Crippen molar-refractivity contribution in [1.82, 2.24) is 15.1 Å². The molecule has 5 nitrogen and oxygen atoms in total. The van der Waals surface area contributed by atoms with Crippen molar-refractivity contribution in [2.24, 2.45) is 5.92 Å². The zero-order valence-corrected chi connectivity index (χ0v) is 18.5. The van der Waals surface area contributed by atoms with Crippen molar-refractivity contribution in [2.75, 3.05) is 19.6 Å². The van der Waals surface area contributed by atoms with Gasteiger partial charge in [-0.2, -0.15) is 0 Å². The topological polar surface area (TPSA) is 52.7 Å². The second-order valence-corrected chi connectivity index (χ2v) is 9.03. The predicted octanol–water partition coefficient (Wildman–Crippen LogP) is 3.65. The third kappa shape index (κ3) is 5.95. The van der Waals surface area contributed by atoms with Crippen molar-refractivity contribution >= 4 is 11.8 Å². The highest BCUT2D eigenvalue weighted by atomic mass is 16.2. The number of benzene rings is 2. The van der Waals surface area contributed by atoms with Gasteiger partial charge in [0.2, 0.25) is 11.8 Å². The summed E-state index contributed by atoms with van der Waals surface area (Å²) >= 11 is 0. The van der Waals surface area contributed by atoms with Gasteiger partial charge in [-0.25, -0.2) is 0 Å². The zero-order chi connectivity index (χ0) is 21.6. The molecule has 4 rings (SSSR count). The Morgan fingerprint density at radius 2 is 1.52 bits per heavy atom. The molecule has 31 heavy (non-hydrogen) atoms. The van der Waals surface area contributed by atoms with Gasteiger partial charge in [-0.3, -0.25) is 14.5 Å². The molecule has 2 aromatic carbocycles. The highest BCUT2D eigenvalue weighted by molar-refractivity contribution is 5.89. The Hall–Kier alpha value is -2.66. The minimum Gasteiger partial charge on any atom is -0.352 e. The number of nitrogens with zero attached hydrogens (tertiary/aromatic N) is 2. The van der Waals surface area contributed by atoms with E-state index in [0.29, 0.717) is 26.1 Å². The predicted molar refractivity (Wildman–Crippen MR) is 122 cm³/mol. The quantitative estimate of drug-likeness (QED) is 0.745. The molecule has 2 amide bonds. The number of hydrogen-bond donors (Lipinski definition) is 1. The number of piperidine rings is 1. The maximum Gasteiger partial charge on any atom is 0.225 e. The molecule has 2 aliphatic rings. The normalized spacial score (nSPS) is 19.6. The first-order chi connectivity index (χ1) is 15.1. The highest BCUT2D eigenvalue weighted by Gasteiger charge is 2.34. The van der Waals surface area contributed by atoms with E-state index in [-0.39, 0.29) is 17.7 Å². The SMILES string of the molecule is Cc1ccc(CN2CC(C(=O)NCc3ccc(CN4CCCCC4)cc3)CC2=O)cc1. The van der Waals surface area contributed by atoms with Crippen LogP contribution in [0.5, 0.6) is 0 Å². The van der Waals surface area contributed by atoms with E-state index in [1.165, 1.54) is 43.5 Å². The van der Waals surface area contributed by atoms with Gasteiger partial charge < -0.3 is 10.2 Å². The maximum absolute atomic E-state index is 12.6. The van der Waals surface area contributed by atoms with Crippen molar-refractivity contribution in [3.05, 3.63) is 70.8 Å². The van der Waals surface area contributed by atoms with E-state index in [0.717, 1.165) is 17.7 Å². The van der Waals surface area contributed by atoms with Crippen LogP contribution < -0.4 is 5.32 Å². The molecule has 1 unspecified atom stereocenters. The Balaban J connectivity index is 1.24. The molecule has 1 N–H and O–H groups in total. The third-order valence-electron chi connectivity index (χ3n) is 6.42. The molecule has 1 atom stereocenters. The lowest BCUT2D eigenvalue weighted by molar-refractivity contribution is -0.129. The second-order valence-electron chi connectivity index (χ2n) is 9.03. The van der Waals surface area contributed by atoms with Gasteiger partial charge in [-0.15, -0.1) is 0 Å². The number of likely N-dealkylation sites (tertiary alicyclic amines) is 2. The van der Waals surface area contributed by atoms with Gasteiger partial charge in [0.25, 0.3) is 0 Å². The van der Waals surface area contributed by atoms with Gasteiger partial charge in [0.05, 0.1) is 5.92 Å². The zero-order valence-electron chi connectivity index (χ0n) is 18.5. The summed E-state index contributed by atoms with van der Waals surface area (Å²) in [4.78, 5) is 29.3. The number of nitrogens with one attached hydrogen (secondary N) is 1. The van der Waals surface area contributed by atoms with Crippen molar-refractivity contribution in [3.63, 3.8) is 0 Å². The smallest absolute Gasteiger partial charge is 0.225 e. The van der Waals surface area contributed by atoms with Crippen LogP contribution in [0.1, 0.15) is 47.9 Å². The number of carbonyl (C=O) groups is 2. The van der Waals surface area contributed by atoms with Crippen LogP contribution in [0, 0.1) is 12.8 Å². The van der Waals surface area contributed by atoms with E-state index < -0.39 is 0 Å². The van der Waals surface area contributed by atoms with Crippen LogP contribution in [0.3, 0.4) is 0 Å². The molecule has 5 heteroatoms. The van der Waals surface area contributed by atoms with Gasteiger partial charge in [0.15, 0.2) is 0 Å². The summed E-state index contributed by atoms with van der Waals surface area (Å²) < 4.78 is 0. The minimum absolute atomic E-state index is 0.0304. The lowest BCUT2D eigenvalue weighted by atomic mass is 10.1. The number of aryl methyl sites for hydroxylation is 1. The van der Waals surface area contributed by atoms with Gasteiger partial charge in [0, 0.05) is 32.6 Å². The van der Waals surface area contributed by atoms with Crippen LogP contribution in [-0.2, 0) is 29.2 Å². The Labute approximate surface area is 185 Å². The molecule has 2 aliphatic heterocycles. The average Bonchev–Trinajstić information content (AvgIpc) is 3.15. The molecule has 0 aromatic heterocycles. The van der Waals surface area contributed by atoms with Crippen molar-refractivity contribution in [2.45, 2.75) is 52.2 Å². The van der Waals surface area contributed by atoms with E-state index in [1.807, 2.05) is 19.1 Å². The van der Waals surface area contributed by atoms with Crippen molar-refractivity contribution in [3.8, 4) is 0 Å². The Bertz CT molecular complexity index is 886. The monoisotopic (exact) mass is 419 g/mol. The van der Waals surface area contributed by atoms with E-state index in [9.17, 15) is 9.59 Å². The van der Waals surface area contributed by atoms with Crippen LogP contribution in [0.25, 0.3) is 0 Å². The average molecular weight is 420 g/mol. The Kier molecular flexibility index (Phi) is 7.03. The first-order valence-electron chi connectivity index (χ1n) is 11.5. The van der Waals surface area contributed by atoms with E-state index in [1.54, 1.807) is 4.90 Å². The molecular weight excluding hydrogens is 386 g/mol. The van der Waals surface area contributed by atoms with Gasteiger partial charge in [-0.1, -0.05) is 60.5 Å². The molecule has 0 spiro atoms. The van der Waals surface area contributed by atoms with Crippen LogP contribution in [0.4, 0.5) is 0 Å². The maximum atomic E-state index is 12.6. The first kappa shape index (κ1) is 21.6. The Morgan fingerprint density at radius 1 is 0.903 bits per heavy atom. The van der Waals surface area contributed by atoms with Gasteiger partial charge >= 0.3 is 0 Å². The van der Waals surface area contributed by atoms with E-state index in [4.69, 9.17) is 0 Å². The molecule has 0 saturated carbocycles. The molecule has 2 fully saturated rings. The highest BCUT2D eigenvalue weighted by Crippen LogP contribution is 2.21. The van der Waals surface area contributed by atoms with Gasteiger partial charge in [0.1, 0.15) is 0 Å². The number of rotatable bonds is 7. The fraction of sp³-hybridized carbons (Fsp3) is 0.462. The standard InChI is InChI=1S/C26H33N3O2/c1-20-5-7-23(8-6-20)18-29-19-24(15-25(29)30)26(31)27-16-21-9-11-22(12-10-21)17-28-13-3-2-4-14-28/h5-12,24H,2-4,13-19H2,1H3,(H,27,31). The molecule has 0 aliphatic carbocycles. The summed E-state index contributed by atoms with van der Waals surface area (Å²) in [6.45, 7) is 7.01. The number of amides is 2. The van der Waals surface area contributed by atoms with Crippen LogP contribution in [0.15, 0.2) is 48.5 Å². The molecule has 0 bridgehead atoms. The van der Waals surface area contributed by atoms with E-state index >= 15 is 0 Å². The largest absolute Gasteiger partial charge is 0.352 e. The molecule has 2 aromatic rings. The molecule has 0 radical (unpaired) electrons. The first-order valence-corrected chi connectivity index (χ1v) is 11.5. The summed E-state index contributed by atoms with van der Waals surface area (Å²) in [5.74, 6) is -0.240. The lowest BCUT2D eigenvalue weighted by Crippen LogP contribution is -2.32. The lowest BCUT2D eigenvalue weighted by Gasteiger charge is -2.26. The van der Waals surface area contributed by atoms with Crippen molar-refractivity contribution in [1.29, 1.82) is 0 Å². The van der Waals surface area contributed by atoms with Crippen LogP contribution in [-0.4, -0.2) is 41.2 Å². The summed E-state index contributed by atoms with van der Waals surface area (Å²) in [5.41, 5.74) is 4.72. The number of hydrogen-bond acceptors (Lipinski definition) is 3. The third-order valence-corrected chi connectivity index (χ3v) is 6.42. The molecule has 2 saturated heterocycles. The fourth-order valence-corrected chi connectivity index (χ4v) is 4.49. The summed E-state index contributed by atoms with van der Waals surface area (Å²) in [5, 5.41) is 3.03. The molecule has 2 heterocycles. The summed E-state index contributed by atoms with van der Waals surface area (Å²) in [7, 11) is 0. The Morgan fingerprint density at radius 3 is 2.23 bits per heavy atom. The van der Waals surface area contributed by atoms with Gasteiger partial charge in [-0.05, 0) is 49.5 Å². The molecule has 164 valence electrons. The van der Waals surface area contributed by atoms with E-state index in [2.05, 4.69) is 46.6 Å². The van der Waals surface area contributed by atoms with Crippen molar-refractivity contribution < 1.29 is 9.59 Å². The summed E-state index contributed by atoms with van der Waals surface area (Å²) in [6, 6.07) is 16.7.